The van der Waals surface area contributed by atoms with Gasteiger partial charge in [-0.05, 0) is 12.5 Å². The molecule has 0 saturated carbocycles. The van der Waals surface area contributed by atoms with Crippen LogP contribution in [-0.4, -0.2) is 37.7 Å². The van der Waals surface area contributed by atoms with Crippen LogP contribution in [0.3, 0.4) is 0 Å². The van der Waals surface area contributed by atoms with Crippen LogP contribution in [0.5, 0.6) is 0 Å². The number of rotatable bonds is 6. The Bertz CT molecular complexity index is 562. The zero-order valence-electron chi connectivity index (χ0n) is 12.7. The first kappa shape index (κ1) is 15.1. The second kappa shape index (κ2) is 6.92. The maximum atomic E-state index is 12.3. The molecule has 0 aliphatic heterocycles. The Balaban J connectivity index is 1.99. The molecule has 0 bridgehead atoms. The summed E-state index contributed by atoms with van der Waals surface area (Å²) in [6.07, 6.45) is 7.14. The molecule has 2 amide bonds. The predicted molar refractivity (Wildman–Crippen MR) is 79.4 cm³/mol. The lowest BCUT2D eigenvalue weighted by atomic mass is 10.1. The summed E-state index contributed by atoms with van der Waals surface area (Å²) in [7, 11) is 3.70. The number of hydrogen-bond acceptors (Lipinski definition) is 3. The van der Waals surface area contributed by atoms with Gasteiger partial charge < -0.3 is 14.8 Å². The smallest absolute Gasteiger partial charge is 0.318 e. The lowest BCUT2D eigenvalue weighted by Crippen LogP contribution is -2.39. The van der Waals surface area contributed by atoms with Crippen molar-refractivity contribution in [2.24, 2.45) is 7.05 Å². The van der Waals surface area contributed by atoms with Crippen LogP contribution in [0, 0.1) is 0 Å². The zero-order valence-corrected chi connectivity index (χ0v) is 12.7. The molecule has 0 saturated heterocycles. The highest BCUT2D eigenvalue weighted by Crippen LogP contribution is 2.16. The van der Waals surface area contributed by atoms with Crippen molar-refractivity contribution >= 4 is 6.03 Å². The van der Waals surface area contributed by atoms with Gasteiger partial charge in [-0.25, -0.2) is 9.78 Å². The summed E-state index contributed by atoms with van der Waals surface area (Å²) in [5, 5.41) is 9.77. The minimum atomic E-state index is -0.119. The first-order valence-corrected chi connectivity index (χ1v) is 7.09. The van der Waals surface area contributed by atoms with Gasteiger partial charge in [0.1, 0.15) is 5.82 Å². The third kappa shape index (κ3) is 3.84. The molecule has 2 aromatic heterocycles. The third-order valence-corrected chi connectivity index (χ3v) is 3.36. The molecule has 2 N–H and O–H groups in total. The highest BCUT2D eigenvalue weighted by atomic mass is 16.2. The molecule has 2 rings (SSSR count). The quantitative estimate of drug-likeness (QED) is 0.852. The van der Waals surface area contributed by atoms with Crippen LogP contribution in [0.1, 0.15) is 37.3 Å². The number of nitrogens with one attached hydrogen (secondary N) is 2. The molecule has 7 nitrogen and oxygen atoms in total. The number of H-pyrrole nitrogens is 1. The van der Waals surface area contributed by atoms with Crippen molar-refractivity contribution in [2.75, 3.05) is 7.05 Å². The van der Waals surface area contributed by atoms with E-state index < -0.39 is 0 Å². The maximum Gasteiger partial charge on any atom is 0.318 e. The van der Waals surface area contributed by atoms with Crippen LogP contribution < -0.4 is 5.32 Å². The average Bonchev–Trinajstić information content (AvgIpc) is 3.09. The van der Waals surface area contributed by atoms with Gasteiger partial charge in [-0.2, -0.15) is 5.10 Å². The van der Waals surface area contributed by atoms with E-state index in [1.165, 1.54) is 0 Å². The van der Waals surface area contributed by atoms with Gasteiger partial charge in [0, 0.05) is 32.7 Å². The molecule has 21 heavy (non-hydrogen) atoms. The molecule has 0 fully saturated rings. The Kier molecular flexibility index (Phi) is 4.97. The van der Waals surface area contributed by atoms with Crippen molar-refractivity contribution in [3.63, 3.8) is 0 Å². The van der Waals surface area contributed by atoms with Crippen LogP contribution in [0.4, 0.5) is 4.79 Å². The lowest BCUT2D eigenvalue weighted by Gasteiger charge is -2.23. The minimum absolute atomic E-state index is 0.0771. The Hall–Kier alpha value is -2.31. The van der Waals surface area contributed by atoms with Crippen LogP contribution in [0.25, 0.3) is 0 Å². The molecule has 2 aromatic rings. The Labute approximate surface area is 124 Å². The minimum Gasteiger partial charge on any atom is -0.336 e. The van der Waals surface area contributed by atoms with E-state index in [2.05, 4.69) is 27.4 Å². The molecule has 0 unspecified atom stereocenters. The number of carbonyl (C=O) groups excluding carboxylic acids is 1. The van der Waals surface area contributed by atoms with E-state index in [9.17, 15) is 4.79 Å². The third-order valence-electron chi connectivity index (χ3n) is 3.36. The molecule has 2 heterocycles. The summed E-state index contributed by atoms with van der Waals surface area (Å²) in [6, 6.07) is 1.66. The number of aromatic nitrogens is 4. The number of imidazole rings is 1. The summed E-state index contributed by atoms with van der Waals surface area (Å²) < 4.78 is 1.94. The van der Waals surface area contributed by atoms with E-state index in [1.807, 2.05) is 23.9 Å². The van der Waals surface area contributed by atoms with E-state index in [0.29, 0.717) is 6.54 Å². The van der Waals surface area contributed by atoms with Crippen molar-refractivity contribution in [1.82, 2.24) is 30.0 Å². The fraction of sp³-hybridized carbons (Fsp3) is 0.500. The summed E-state index contributed by atoms with van der Waals surface area (Å²) in [5.74, 6) is 0.875. The van der Waals surface area contributed by atoms with Crippen molar-refractivity contribution in [2.45, 2.75) is 32.4 Å². The van der Waals surface area contributed by atoms with E-state index >= 15 is 0 Å². The van der Waals surface area contributed by atoms with Gasteiger partial charge in [-0.3, -0.25) is 5.10 Å². The van der Waals surface area contributed by atoms with E-state index in [0.717, 1.165) is 24.4 Å². The fourth-order valence-corrected chi connectivity index (χ4v) is 2.23. The highest BCUT2D eigenvalue weighted by Gasteiger charge is 2.19. The van der Waals surface area contributed by atoms with Crippen molar-refractivity contribution in [1.29, 1.82) is 0 Å². The lowest BCUT2D eigenvalue weighted by molar-refractivity contribution is 0.200. The topological polar surface area (TPSA) is 78.8 Å². The Morgan fingerprint density at radius 2 is 2.33 bits per heavy atom. The maximum absolute atomic E-state index is 12.3. The number of urea groups is 1. The predicted octanol–water partition coefficient (Wildman–Crippen LogP) is 1.83. The van der Waals surface area contributed by atoms with E-state index in [1.54, 1.807) is 24.3 Å². The molecule has 7 heteroatoms. The van der Waals surface area contributed by atoms with Gasteiger partial charge in [-0.15, -0.1) is 0 Å². The second-order valence-electron chi connectivity index (χ2n) is 5.13. The van der Waals surface area contributed by atoms with Gasteiger partial charge in [-0.1, -0.05) is 13.3 Å². The number of aryl methyl sites for hydroxylation is 1. The van der Waals surface area contributed by atoms with Crippen molar-refractivity contribution < 1.29 is 4.79 Å². The number of aromatic amines is 1. The van der Waals surface area contributed by atoms with Gasteiger partial charge in [0.25, 0.3) is 0 Å². The number of nitrogens with zero attached hydrogens (tertiary/aromatic N) is 4. The van der Waals surface area contributed by atoms with E-state index in [4.69, 9.17) is 0 Å². The number of hydrogen-bond donors (Lipinski definition) is 2. The van der Waals surface area contributed by atoms with Gasteiger partial charge in [0.05, 0.1) is 18.3 Å². The standard InChI is InChI=1S/C14H22N6O/c1-4-5-12(13-15-8-9-19(13)2)17-14(21)20(3)10-11-6-7-16-18-11/h6-9,12H,4-5,10H2,1-3H3,(H,16,18)(H,17,21)/t12-/m1/s1. The molecule has 0 aliphatic rings. The van der Waals surface area contributed by atoms with Crippen LogP contribution in [-0.2, 0) is 13.6 Å². The fourth-order valence-electron chi connectivity index (χ4n) is 2.23. The van der Waals surface area contributed by atoms with Gasteiger partial charge in [0.2, 0.25) is 0 Å². The molecule has 0 spiro atoms. The number of carbonyl (C=O) groups is 1. The SMILES string of the molecule is CCC[C@@H](NC(=O)N(C)Cc1ccn[nH]1)c1nccn1C. The van der Waals surface area contributed by atoms with Crippen LogP contribution in [0.15, 0.2) is 24.7 Å². The molecule has 0 aliphatic carbocycles. The van der Waals surface area contributed by atoms with Gasteiger partial charge >= 0.3 is 6.03 Å². The molecule has 1 atom stereocenters. The first-order chi connectivity index (χ1) is 10.1. The zero-order chi connectivity index (χ0) is 15.2. The average molecular weight is 290 g/mol. The van der Waals surface area contributed by atoms with Crippen molar-refractivity contribution in [3.05, 3.63) is 36.2 Å². The summed E-state index contributed by atoms with van der Waals surface area (Å²) in [5.41, 5.74) is 0.900. The summed E-state index contributed by atoms with van der Waals surface area (Å²) >= 11 is 0. The van der Waals surface area contributed by atoms with Crippen LogP contribution in [0.2, 0.25) is 0 Å². The van der Waals surface area contributed by atoms with Gasteiger partial charge in [0.15, 0.2) is 0 Å². The van der Waals surface area contributed by atoms with E-state index in [-0.39, 0.29) is 12.1 Å². The Morgan fingerprint density at radius 1 is 1.52 bits per heavy atom. The molecular formula is C14H22N6O. The molecule has 0 radical (unpaired) electrons. The summed E-state index contributed by atoms with van der Waals surface area (Å²) in [6.45, 7) is 2.58. The van der Waals surface area contributed by atoms with Crippen LogP contribution >= 0.6 is 0 Å². The summed E-state index contributed by atoms with van der Waals surface area (Å²) in [4.78, 5) is 18.3. The normalized spacial score (nSPS) is 12.1. The molecule has 0 aromatic carbocycles. The largest absolute Gasteiger partial charge is 0.336 e. The monoisotopic (exact) mass is 290 g/mol. The Morgan fingerprint density at radius 3 is 2.90 bits per heavy atom. The second-order valence-corrected chi connectivity index (χ2v) is 5.13. The van der Waals surface area contributed by atoms with Crippen molar-refractivity contribution in [3.8, 4) is 0 Å². The number of amides is 2. The first-order valence-electron chi connectivity index (χ1n) is 7.09. The highest BCUT2D eigenvalue weighted by molar-refractivity contribution is 5.74. The molecule has 114 valence electrons. The molecular weight excluding hydrogens is 268 g/mol.